The van der Waals surface area contributed by atoms with Crippen molar-refractivity contribution >= 4 is 23.2 Å². The fraction of sp³-hybridized carbons (Fsp3) is 0.320. The predicted octanol–water partition coefficient (Wildman–Crippen LogP) is 4.03. The number of anilines is 2. The molecule has 2 aliphatic rings. The summed E-state index contributed by atoms with van der Waals surface area (Å²) in [4.78, 5) is 30.8. The van der Waals surface area contributed by atoms with Crippen LogP contribution in [0, 0.1) is 0 Å². The van der Waals surface area contributed by atoms with Gasteiger partial charge in [0.15, 0.2) is 6.61 Å². The molecule has 1 fully saturated rings. The number of fused-ring (bicyclic) bond motifs is 1. The molecule has 3 aromatic rings. The van der Waals surface area contributed by atoms with E-state index >= 15 is 0 Å². The van der Waals surface area contributed by atoms with Crippen LogP contribution in [0.2, 0.25) is 0 Å². The summed E-state index contributed by atoms with van der Waals surface area (Å²) < 4.78 is 7.85. The smallest absolute Gasteiger partial charge is 0.262 e. The van der Waals surface area contributed by atoms with Gasteiger partial charge in [-0.2, -0.15) is 0 Å². The van der Waals surface area contributed by atoms with Crippen LogP contribution in [0.4, 0.5) is 11.4 Å². The minimum absolute atomic E-state index is 0.0923. The topological polar surface area (TPSA) is 76.5 Å². The van der Waals surface area contributed by atoms with Gasteiger partial charge in [0, 0.05) is 49.1 Å². The summed E-state index contributed by atoms with van der Waals surface area (Å²) >= 11 is 0. The lowest BCUT2D eigenvalue weighted by Gasteiger charge is -2.16. The number of aromatic nitrogens is 2. The number of carbonyl (C=O) groups excluding carboxylic acids is 2. The molecule has 2 aromatic carbocycles. The number of nitrogens with one attached hydrogen (secondary N) is 1. The average molecular weight is 431 g/mol. The normalized spacial score (nSPS) is 15.5. The minimum atomic E-state index is -0.231. The number of benzene rings is 2. The van der Waals surface area contributed by atoms with E-state index in [1.165, 1.54) is 12.8 Å². The van der Waals surface area contributed by atoms with E-state index in [0.717, 1.165) is 48.7 Å². The number of hydrogen-bond donors (Lipinski definition) is 1. The molecule has 3 heterocycles. The Morgan fingerprint density at radius 2 is 1.91 bits per heavy atom. The first-order valence-corrected chi connectivity index (χ1v) is 11.2. The van der Waals surface area contributed by atoms with Crippen LogP contribution < -0.4 is 15.0 Å². The summed E-state index contributed by atoms with van der Waals surface area (Å²) in [6, 6.07) is 15.0. The standard InChI is InChI=1S/C25H26N4O3/c30-24(17-32-21-11-9-20(10-12-21)29-14-4-8-25(29)31)26-19-6-3-5-18(15-19)22-16-28-13-2-1-7-23(28)27-22/h3,5-6,9-12,15-16H,1-2,4,7-8,13-14,17H2,(H,26,30). The number of amides is 2. The van der Waals surface area contributed by atoms with Crippen LogP contribution in [0.15, 0.2) is 54.7 Å². The second kappa shape index (κ2) is 8.86. The highest BCUT2D eigenvalue weighted by atomic mass is 16.5. The number of hydrogen-bond acceptors (Lipinski definition) is 4. The summed E-state index contributed by atoms with van der Waals surface area (Å²) in [7, 11) is 0. The van der Waals surface area contributed by atoms with Gasteiger partial charge >= 0.3 is 0 Å². The molecule has 0 aliphatic carbocycles. The molecule has 1 N–H and O–H groups in total. The van der Waals surface area contributed by atoms with Crippen molar-refractivity contribution in [3.63, 3.8) is 0 Å². The quantitative estimate of drug-likeness (QED) is 0.641. The lowest BCUT2D eigenvalue weighted by molar-refractivity contribution is -0.118. The SMILES string of the molecule is O=C(COc1ccc(N2CCCC2=O)cc1)Nc1cccc(-c2cn3c(n2)CCCC3)c1. The first-order valence-electron chi connectivity index (χ1n) is 11.2. The summed E-state index contributed by atoms with van der Waals surface area (Å²) in [5.41, 5.74) is 3.50. The Kier molecular flexibility index (Phi) is 5.62. The van der Waals surface area contributed by atoms with E-state index in [1.807, 2.05) is 36.4 Å². The molecular weight excluding hydrogens is 404 g/mol. The Hall–Kier alpha value is -3.61. The van der Waals surface area contributed by atoms with E-state index in [-0.39, 0.29) is 18.4 Å². The molecule has 0 unspecified atom stereocenters. The van der Waals surface area contributed by atoms with Crippen molar-refractivity contribution < 1.29 is 14.3 Å². The second-order valence-corrected chi connectivity index (χ2v) is 8.25. The van der Waals surface area contributed by atoms with Crippen molar-refractivity contribution in [2.75, 3.05) is 23.4 Å². The minimum Gasteiger partial charge on any atom is -0.484 e. The third-order valence-corrected chi connectivity index (χ3v) is 5.94. The van der Waals surface area contributed by atoms with Crippen LogP contribution in [0.1, 0.15) is 31.5 Å². The van der Waals surface area contributed by atoms with Crippen LogP contribution >= 0.6 is 0 Å². The molecule has 2 aliphatic heterocycles. The summed E-state index contributed by atoms with van der Waals surface area (Å²) in [6.07, 6.45) is 6.98. The maximum atomic E-state index is 12.4. The first-order chi connectivity index (χ1) is 15.7. The predicted molar refractivity (Wildman–Crippen MR) is 123 cm³/mol. The van der Waals surface area contributed by atoms with Crippen molar-refractivity contribution in [1.29, 1.82) is 0 Å². The Morgan fingerprint density at radius 1 is 1.03 bits per heavy atom. The highest BCUT2D eigenvalue weighted by Gasteiger charge is 2.21. The number of aryl methyl sites for hydroxylation is 2. The molecule has 7 nitrogen and oxygen atoms in total. The van der Waals surface area contributed by atoms with Crippen molar-refractivity contribution in [2.24, 2.45) is 0 Å². The first kappa shape index (κ1) is 20.3. The van der Waals surface area contributed by atoms with Crippen molar-refractivity contribution in [3.8, 4) is 17.0 Å². The molecule has 7 heteroatoms. The van der Waals surface area contributed by atoms with Crippen LogP contribution in [-0.4, -0.2) is 34.5 Å². The molecule has 1 saturated heterocycles. The highest BCUT2D eigenvalue weighted by Crippen LogP contribution is 2.26. The maximum Gasteiger partial charge on any atom is 0.262 e. The maximum absolute atomic E-state index is 12.4. The number of carbonyl (C=O) groups is 2. The lowest BCUT2D eigenvalue weighted by Crippen LogP contribution is -2.23. The fourth-order valence-corrected chi connectivity index (χ4v) is 4.30. The van der Waals surface area contributed by atoms with E-state index in [9.17, 15) is 9.59 Å². The van der Waals surface area contributed by atoms with Gasteiger partial charge in [-0.1, -0.05) is 12.1 Å². The van der Waals surface area contributed by atoms with Crippen LogP contribution in [0.3, 0.4) is 0 Å². The van der Waals surface area contributed by atoms with Gasteiger partial charge in [0.1, 0.15) is 11.6 Å². The van der Waals surface area contributed by atoms with Gasteiger partial charge in [-0.15, -0.1) is 0 Å². The van der Waals surface area contributed by atoms with Gasteiger partial charge in [0.2, 0.25) is 5.91 Å². The van der Waals surface area contributed by atoms with Crippen molar-refractivity contribution in [2.45, 2.75) is 38.6 Å². The molecule has 0 bridgehead atoms. The Morgan fingerprint density at radius 3 is 2.69 bits per heavy atom. The largest absolute Gasteiger partial charge is 0.484 e. The van der Waals surface area contributed by atoms with E-state index in [1.54, 1.807) is 17.0 Å². The molecule has 0 atom stereocenters. The third-order valence-electron chi connectivity index (χ3n) is 5.94. The summed E-state index contributed by atoms with van der Waals surface area (Å²) in [6.45, 7) is 1.68. The lowest BCUT2D eigenvalue weighted by atomic mass is 10.1. The second-order valence-electron chi connectivity index (χ2n) is 8.25. The van der Waals surface area contributed by atoms with Gasteiger partial charge in [-0.25, -0.2) is 4.98 Å². The molecule has 0 radical (unpaired) electrons. The molecule has 2 amide bonds. The zero-order chi connectivity index (χ0) is 21.9. The molecule has 1 aromatic heterocycles. The summed E-state index contributed by atoms with van der Waals surface area (Å²) in [5.74, 6) is 1.64. The third kappa shape index (κ3) is 4.37. The molecular formula is C25H26N4O3. The van der Waals surface area contributed by atoms with Gasteiger partial charge < -0.3 is 19.5 Å². The monoisotopic (exact) mass is 430 g/mol. The van der Waals surface area contributed by atoms with Crippen LogP contribution in [0.25, 0.3) is 11.3 Å². The van der Waals surface area contributed by atoms with E-state index in [4.69, 9.17) is 9.72 Å². The van der Waals surface area contributed by atoms with Crippen molar-refractivity contribution in [3.05, 3.63) is 60.6 Å². The van der Waals surface area contributed by atoms with Crippen LogP contribution in [0.5, 0.6) is 5.75 Å². The average Bonchev–Trinajstić information content (AvgIpc) is 3.44. The number of imidazole rings is 1. The number of rotatable bonds is 6. The van der Waals surface area contributed by atoms with Crippen molar-refractivity contribution in [1.82, 2.24) is 9.55 Å². The Labute approximate surface area is 187 Å². The van der Waals surface area contributed by atoms with Gasteiger partial charge in [-0.05, 0) is 55.7 Å². The van der Waals surface area contributed by atoms with Gasteiger partial charge in [-0.3, -0.25) is 9.59 Å². The van der Waals surface area contributed by atoms with E-state index in [2.05, 4.69) is 16.1 Å². The number of ether oxygens (including phenoxy) is 1. The number of nitrogens with zero attached hydrogens (tertiary/aromatic N) is 3. The molecule has 32 heavy (non-hydrogen) atoms. The highest BCUT2D eigenvalue weighted by molar-refractivity contribution is 5.95. The Bertz CT molecular complexity index is 1110. The molecule has 164 valence electrons. The van der Waals surface area contributed by atoms with Gasteiger partial charge in [0.25, 0.3) is 5.91 Å². The Balaban J connectivity index is 1.18. The fourth-order valence-electron chi connectivity index (χ4n) is 4.30. The molecule has 0 saturated carbocycles. The van der Waals surface area contributed by atoms with E-state index < -0.39 is 0 Å². The van der Waals surface area contributed by atoms with Gasteiger partial charge in [0.05, 0.1) is 5.69 Å². The summed E-state index contributed by atoms with van der Waals surface area (Å²) in [5, 5.41) is 2.89. The van der Waals surface area contributed by atoms with E-state index in [0.29, 0.717) is 17.9 Å². The van der Waals surface area contributed by atoms with Crippen LogP contribution in [-0.2, 0) is 22.6 Å². The zero-order valence-corrected chi connectivity index (χ0v) is 17.9. The zero-order valence-electron chi connectivity index (χ0n) is 17.9. The molecule has 5 rings (SSSR count). The molecule has 0 spiro atoms.